The van der Waals surface area contributed by atoms with Crippen LogP contribution in [0.4, 0.5) is 0 Å². The molecule has 2 atom stereocenters. The Labute approximate surface area is 152 Å². The van der Waals surface area contributed by atoms with Crippen molar-refractivity contribution in [2.45, 2.75) is 18.5 Å². The van der Waals surface area contributed by atoms with Crippen molar-refractivity contribution in [3.63, 3.8) is 0 Å². The number of likely N-dealkylation sites (tertiary alicyclic amines) is 1. The fourth-order valence-electron chi connectivity index (χ4n) is 3.14. The first-order valence-corrected chi connectivity index (χ1v) is 8.32. The first-order chi connectivity index (χ1) is 10.7. The third-order valence-corrected chi connectivity index (χ3v) is 5.09. The van der Waals surface area contributed by atoms with E-state index in [0.29, 0.717) is 5.92 Å². The van der Waals surface area contributed by atoms with Crippen molar-refractivity contribution in [3.05, 3.63) is 64.1 Å². The van der Waals surface area contributed by atoms with Gasteiger partial charge in [0.15, 0.2) is 0 Å². The highest BCUT2D eigenvalue weighted by Crippen LogP contribution is 2.30. The van der Waals surface area contributed by atoms with Gasteiger partial charge in [0.1, 0.15) is 5.75 Å². The largest absolute Gasteiger partial charge is 0.497 e. The van der Waals surface area contributed by atoms with Crippen LogP contribution in [0.3, 0.4) is 0 Å². The first kappa shape index (κ1) is 18.3. The molecule has 2 aromatic rings. The summed E-state index contributed by atoms with van der Waals surface area (Å²) in [5.41, 5.74) is 8.94. The summed E-state index contributed by atoms with van der Waals surface area (Å²) in [5, 5.41) is 0. The highest BCUT2D eigenvalue weighted by Gasteiger charge is 2.31. The number of hydrogen-bond acceptors (Lipinski definition) is 3. The minimum Gasteiger partial charge on any atom is -0.497 e. The van der Waals surface area contributed by atoms with Crippen molar-refractivity contribution in [2.75, 3.05) is 20.2 Å². The fraction of sp³-hybridized carbons (Fsp3) is 0.333. The van der Waals surface area contributed by atoms with Crippen molar-refractivity contribution >= 4 is 28.3 Å². The Hall–Kier alpha value is -1.07. The van der Waals surface area contributed by atoms with Gasteiger partial charge in [-0.05, 0) is 29.3 Å². The van der Waals surface area contributed by atoms with Crippen LogP contribution in [0.25, 0.3) is 0 Å². The average Bonchev–Trinajstić information content (AvgIpc) is 2.91. The van der Waals surface area contributed by atoms with E-state index in [1.807, 2.05) is 12.1 Å². The smallest absolute Gasteiger partial charge is 0.119 e. The summed E-state index contributed by atoms with van der Waals surface area (Å²) in [7, 11) is 1.70. The van der Waals surface area contributed by atoms with Crippen LogP contribution in [-0.4, -0.2) is 31.1 Å². The second-order valence-electron chi connectivity index (χ2n) is 5.83. The zero-order chi connectivity index (χ0) is 15.5. The van der Waals surface area contributed by atoms with Gasteiger partial charge < -0.3 is 10.5 Å². The molecule has 1 fully saturated rings. The molecule has 0 amide bonds. The van der Waals surface area contributed by atoms with E-state index in [-0.39, 0.29) is 18.4 Å². The maximum Gasteiger partial charge on any atom is 0.119 e. The molecular weight excluding hydrogens is 376 g/mol. The van der Waals surface area contributed by atoms with Crippen LogP contribution < -0.4 is 10.5 Å². The van der Waals surface area contributed by atoms with Gasteiger partial charge >= 0.3 is 0 Å². The summed E-state index contributed by atoms with van der Waals surface area (Å²) in [4.78, 5) is 2.42. The molecule has 2 aromatic carbocycles. The molecular formula is C18H22BrClN2O. The molecule has 0 unspecified atom stereocenters. The Morgan fingerprint density at radius 3 is 2.61 bits per heavy atom. The van der Waals surface area contributed by atoms with Crippen LogP contribution in [0.5, 0.6) is 5.75 Å². The van der Waals surface area contributed by atoms with E-state index in [1.165, 1.54) is 11.1 Å². The molecule has 2 N–H and O–H groups in total. The van der Waals surface area contributed by atoms with Gasteiger partial charge in [-0.1, -0.05) is 46.3 Å². The summed E-state index contributed by atoms with van der Waals surface area (Å²) < 4.78 is 6.44. The molecule has 1 aliphatic heterocycles. The van der Waals surface area contributed by atoms with E-state index in [2.05, 4.69) is 57.2 Å². The second kappa shape index (κ2) is 8.15. The topological polar surface area (TPSA) is 38.5 Å². The quantitative estimate of drug-likeness (QED) is 0.852. The number of nitrogens with zero attached hydrogens (tertiary/aromatic N) is 1. The first-order valence-electron chi connectivity index (χ1n) is 7.52. The number of methoxy groups -OCH3 is 1. The molecule has 1 saturated heterocycles. The average molecular weight is 398 g/mol. The number of ether oxygens (including phenoxy) is 1. The van der Waals surface area contributed by atoms with E-state index in [1.54, 1.807) is 7.11 Å². The van der Waals surface area contributed by atoms with Gasteiger partial charge in [0.25, 0.3) is 0 Å². The molecule has 124 valence electrons. The highest BCUT2D eigenvalue weighted by molar-refractivity contribution is 9.10. The Bertz CT molecular complexity index is 638. The van der Waals surface area contributed by atoms with E-state index >= 15 is 0 Å². The third-order valence-electron chi connectivity index (χ3n) is 4.32. The molecule has 0 bridgehead atoms. The van der Waals surface area contributed by atoms with Crippen LogP contribution in [0.1, 0.15) is 17.0 Å². The van der Waals surface area contributed by atoms with Crippen LogP contribution in [0, 0.1) is 0 Å². The molecule has 23 heavy (non-hydrogen) atoms. The van der Waals surface area contributed by atoms with Gasteiger partial charge in [-0.25, -0.2) is 0 Å². The number of nitrogens with two attached hydrogens (primary N) is 1. The Kier molecular flexibility index (Phi) is 6.48. The van der Waals surface area contributed by atoms with Gasteiger partial charge in [-0.2, -0.15) is 0 Å². The van der Waals surface area contributed by atoms with Crippen molar-refractivity contribution in [2.24, 2.45) is 5.73 Å². The third kappa shape index (κ3) is 4.27. The molecule has 0 saturated carbocycles. The van der Waals surface area contributed by atoms with Crippen molar-refractivity contribution < 1.29 is 4.74 Å². The monoisotopic (exact) mass is 396 g/mol. The minimum atomic E-state index is 0. The van der Waals surface area contributed by atoms with E-state index in [9.17, 15) is 0 Å². The van der Waals surface area contributed by atoms with E-state index in [0.717, 1.165) is 29.9 Å². The molecule has 1 aliphatic rings. The molecule has 0 aliphatic carbocycles. The number of halogens is 2. The Morgan fingerprint density at radius 2 is 1.91 bits per heavy atom. The maximum atomic E-state index is 6.37. The van der Waals surface area contributed by atoms with Gasteiger partial charge in [0.05, 0.1) is 7.11 Å². The van der Waals surface area contributed by atoms with E-state index in [4.69, 9.17) is 10.5 Å². The standard InChI is InChI=1S/C18H21BrN2O.ClH/c1-22-15-7-8-17(19)14(9-15)10-21-11-16(18(20)12-21)13-5-3-2-4-6-13;/h2-9,16,18H,10-12,20H2,1H3;1H/t16-,18+;/m0./s1. The number of hydrogen-bond donors (Lipinski definition) is 1. The Balaban J connectivity index is 0.00000192. The van der Waals surface area contributed by atoms with Gasteiger partial charge in [-0.15, -0.1) is 12.4 Å². The van der Waals surface area contributed by atoms with Crippen molar-refractivity contribution in [1.82, 2.24) is 4.90 Å². The second-order valence-corrected chi connectivity index (χ2v) is 6.69. The van der Waals surface area contributed by atoms with E-state index < -0.39 is 0 Å². The lowest BCUT2D eigenvalue weighted by molar-refractivity contribution is 0.322. The van der Waals surface area contributed by atoms with Crippen molar-refractivity contribution in [1.29, 1.82) is 0 Å². The minimum absolute atomic E-state index is 0. The van der Waals surface area contributed by atoms with Gasteiger partial charge in [-0.3, -0.25) is 4.90 Å². The highest BCUT2D eigenvalue weighted by atomic mass is 79.9. The predicted molar refractivity (Wildman–Crippen MR) is 100 cm³/mol. The lowest BCUT2D eigenvalue weighted by Gasteiger charge is -2.17. The van der Waals surface area contributed by atoms with Crippen LogP contribution in [0.2, 0.25) is 0 Å². The SMILES string of the molecule is COc1ccc(Br)c(CN2C[C@@H](N)[C@H](c3ccccc3)C2)c1.Cl. The molecule has 0 aromatic heterocycles. The number of benzene rings is 2. The van der Waals surface area contributed by atoms with Crippen LogP contribution >= 0.6 is 28.3 Å². The molecule has 1 heterocycles. The fourth-order valence-corrected chi connectivity index (χ4v) is 3.51. The summed E-state index contributed by atoms with van der Waals surface area (Å²) in [5.74, 6) is 1.30. The van der Waals surface area contributed by atoms with Gasteiger partial charge in [0, 0.05) is 36.1 Å². The summed E-state index contributed by atoms with van der Waals surface area (Å²) in [6.45, 7) is 2.80. The van der Waals surface area contributed by atoms with Gasteiger partial charge in [0.2, 0.25) is 0 Å². The molecule has 3 rings (SSSR count). The Morgan fingerprint density at radius 1 is 1.17 bits per heavy atom. The zero-order valence-electron chi connectivity index (χ0n) is 13.1. The normalized spacial score (nSPS) is 21.0. The molecule has 5 heteroatoms. The predicted octanol–water partition coefficient (Wildman–Crippen LogP) is 3.81. The summed E-state index contributed by atoms with van der Waals surface area (Å²) in [6, 6.07) is 16.9. The lowest BCUT2D eigenvalue weighted by Crippen LogP contribution is -2.28. The van der Waals surface area contributed by atoms with Crippen LogP contribution in [0.15, 0.2) is 53.0 Å². The molecule has 3 nitrogen and oxygen atoms in total. The molecule has 0 spiro atoms. The summed E-state index contributed by atoms with van der Waals surface area (Å²) in [6.07, 6.45) is 0. The maximum absolute atomic E-state index is 6.37. The molecule has 0 radical (unpaired) electrons. The van der Waals surface area contributed by atoms with Crippen LogP contribution in [-0.2, 0) is 6.54 Å². The summed E-state index contributed by atoms with van der Waals surface area (Å²) >= 11 is 3.63. The lowest BCUT2D eigenvalue weighted by atomic mass is 9.95. The van der Waals surface area contributed by atoms with Crippen molar-refractivity contribution in [3.8, 4) is 5.75 Å². The zero-order valence-corrected chi connectivity index (χ0v) is 15.5. The number of rotatable bonds is 4.